The Kier molecular flexibility index (Phi) is 3.93. The number of aliphatic hydroxyl groups excluding tert-OH is 1. The third-order valence-corrected chi connectivity index (χ3v) is 2.76. The van der Waals surface area contributed by atoms with Crippen LogP contribution in [0.3, 0.4) is 0 Å². The highest BCUT2D eigenvalue weighted by Gasteiger charge is 2.05. The Morgan fingerprint density at radius 3 is 2.67 bits per heavy atom. The Balaban J connectivity index is 2.18. The van der Waals surface area contributed by atoms with Crippen molar-refractivity contribution in [2.45, 2.75) is 13.0 Å². The molecule has 18 heavy (non-hydrogen) atoms. The van der Waals surface area contributed by atoms with E-state index in [9.17, 15) is 9.50 Å². The normalized spacial score (nSPS) is 12.2. The third-order valence-electron chi connectivity index (χ3n) is 2.30. The number of ether oxygens (including phenoxy) is 1. The minimum absolute atomic E-state index is 0.344. The van der Waals surface area contributed by atoms with Gasteiger partial charge in [0.15, 0.2) is 0 Å². The lowest BCUT2D eigenvalue weighted by Crippen LogP contribution is -1.94. The highest BCUT2D eigenvalue weighted by molar-refractivity contribution is 9.10. The number of halogens is 2. The molecule has 1 N–H and O–H groups in total. The van der Waals surface area contributed by atoms with E-state index in [2.05, 4.69) is 20.9 Å². The second kappa shape index (κ2) is 5.46. The van der Waals surface area contributed by atoms with Crippen LogP contribution >= 0.6 is 15.9 Å². The molecule has 0 saturated heterocycles. The molecule has 1 atom stereocenters. The molecular formula is C13H11BrFNO2. The minimum Gasteiger partial charge on any atom is -0.439 e. The van der Waals surface area contributed by atoms with E-state index in [1.807, 2.05) is 0 Å². The van der Waals surface area contributed by atoms with Crippen molar-refractivity contribution in [3.8, 4) is 11.6 Å². The molecule has 0 fully saturated rings. The summed E-state index contributed by atoms with van der Waals surface area (Å²) in [6.45, 7) is 1.65. The van der Waals surface area contributed by atoms with Crippen LogP contribution in [0.5, 0.6) is 11.6 Å². The van der Waals surface area contributed by atoms with Crippen molar-refractivity contribution in [3.05, 3.63) is 52.4 Å². The van der Waals surface area contributed by atoms with Gasteiger partial charge < -0.3 is 9.84 Å². The number of hydrogen-bond acceptors (Lipinski definition) is 3. The fourth-order valence-corrected chi connectivity index (χ4v) is 1.85. The lowest BCUT2D eigenvalue weighted by atomic mass is 10.2. The first-order valence-electron chi connectivity index (χ1n) is 5.32. The largest absolute Gasteiger partial charge is 0.439 e. The minimum atomic E-state index is -0.574. The predicted octanol–water partition coefficient (Wildman–Crippen LogP) is 3.83. The lowest BCUT2D eigenvalue weighted by molar-refractivity contribution is 0.198. The first kappa shape index (κ1) is 13.0. The smallest absolute Gasteiger partial charge is 0.219 e. The Bertz CT molecular complexity index is 523. The average molecular weight is 312 g/mol. The molecule has 1 aromatic heterocycles. The van der Waals surface area contributed by atoms with Gasteiger partial charge in [-0.2, -0.15) is 0 Å². The zero-order valence-electron chi connectivity index (χ0n) is 9.60. The number of benzene rings is 1. The molecule has 0 amide bonds. The maximum absolute atomic E-state index is 13.1. The lowest BCUT2D eigenvalue weighted by Gasteiger charge is -2.07. The zero-order valence-corrected chi connectivity index (χ0v) is 11.2. The summed E-state index contributed by atoms with van der Waals surface area (Å²) >= 11 is 3.18. The van der Waals surface area contributed by atoms with E-state index in [1.165, 1.54) is 18.3 Å². The molecule has 94 valence electrons. The summed E-state index contributed by atoms with van der Waals surface area (Å²) in [5, 5.41) is 9.34. The van der Waals surface area contributed by atoms with E-state index < -0.39 is 6.10 Å². The van der Waals surface area contributed by atoms with Crippen LogP contribution in [-0.4, -0.2) is 10.1 Å². The number of aliphatic hydroxyl groups is 1. The molecule has 0 bridgehead atoms. The molecule has 0 spiro atoms. The Morgan fingerprint density at radius 1 is 1.33 bits per heavy atom. The number of hydrogen-bond donors (Lipinski definition) is 1. The van der Waals surface area contributed by atoms with Gasteiger partial charge >= 0.3 is 0 Å². The van der Waals surface area contributed by atoms with Gasteiger partial charge in [0.25, 0.3) is 0 Å². The molecule has 5 heteroatoms. The number of rotatable bonds is 3. The zero-order chi connectivity index (χ0) is 13.1. The Hall–Kier alpha value is -1.46. The van der Waals surface area contributed by atoms with Crippen LogP contribution in [-0.2, 0) is 0 Å². The SMILES string of the molecule is C[C@H](O)c1ccc(Oc2cc(F)cc(Br)c2)nc1. The molecule has 2 aromatic rings. The quantitative estimate of drug-likeness (QED) is 0.936. The second-order valence-electron chi connectivity index (χ2n) is 3.81. The van der Waals surface area contributed by atoms with Crippen molar-refractivity contribution in [1.29, 1.82) is 0 Å². The fraction of sp³-hybridized carbons (Fsp3) is 0.154. The standard InChI is InChI=1S/C13H11BrFNO2/c1-8(17)9-2-3-13(16-7-9)18-12-5-10(14)4-11(15)6-12/h2-8,17H,1H3/t8-/m0/s1. The van der Waals surface area contributed by atoms with Crippen LogP contribution in [0.1, 0.15) is 18.6 Å². The summed E-state index contributed by atoms with van der Waals surface area (Å²) in [4.78, 5) is 4.03. The van der Waals surface area contributed by atoms with E-state index in [-0.39, 0.29) is 5.82 Å². The van der Waals surface area contributed by atoms with Crippen LogP contribution in [0.2, 0.25) is 0 Å². The van der Waals surface area contributed by atoms with E-state index in [0.717, 1.165) is 0 Å². The van der Waals surface area contributed by atoms with E-state index >= 15 is 0 Å². The molecule has 1 aromatic carbocycles. The Morgan fingerprint density at radius 2 is 2.11 bits per heavy atom. The number of aromatic nitrogens is 1. The molecule has 1 heterocycles. The summed E-state index contributed by atoms with van der Waals surface area (Å²) in [5.74, 6) is 0.316. The Labute approximate surface area is 112 Å². The number of nitrogens with zero attached hydrogens (tertiary/aromatic N) is 1. The van der Waals surface area contributed by atoms with Gasteiger partial charge in [-0.1, -0.05) is 15.9 Å². The number of pyridine rings is 1. The van der Waals surface area contributed by atoms with Gasteiger partial charge in [0.05, 0.1) is 6.10 Å². The van der Waals surface area contributed by atoms with E-state index in [4.69, 9.17) is 4.74 Å². The maximum atomic E-state index is 13.1. The highest BCUT2D eigenvalue weighted by Crippen LogP contribution is 2.25. The van der Waals surface area contributed by atoms with Crippen molar-refractivity contribution >= 4 is 15.9 Å². The topological polar surface area (TPSA) is 42.4 Å². The van der Waals surface area contributed by atoms with Gasteiger partial charge in [-0.15, -0.1) is 0 Å². The van der Waals surface area contributed by atoms with Crippen molar-refractivity contribution in [2.75, 3.05) is 0 Å². The maximum Gasteiger partial charge on any atom is 0.219 e. The van der Waals surface area contributed by atoms with Crippen LogP contribution in [0, 0.1) is 5.82 Å². The molecule has 0 aliphatic rings. The summed E-state index contributed by atoms with van der Waals surface area (Å²) in [7, 11) is 0. The van der Waals surface area contributed by atoms with E-state index in [0.29, 0.717) is 21.7 Å². The monoisotopic (exact) mass is 311 g/mol. The summed E-state index contributed by atoms with van der Waals surface area (Å²) in [5.41, 5.74) is 0.697. The van der Waals surface area contributed by atoms with Gasteiger partial charge in [-0.05, 0) is 30.7 Å². The van der Waals surface area contributed by atoms with Gasteiger partial charge in [0.2, 0.25) is 5.88 Å². The van der Waals surface area contributed by atoms with Gasteiger partial charge in [-0.25, -0.2) is 9.37 Å². The van der Waals surface area contributed by atoms with Crippen molar-refractivity contribution in [3.63, 3.8) is 0 Å². The molecule has 3 nitrogen and oxygen atoms in total. The first-order valence-corrected chi connectivity index (χ1v) is 6.12. The van der Waals surface area contributed by atoms with Crippen molar-refractivity contribution in [1.82, 2.24) is 4.98 Å². The highest BCUT2D eigenvalue weighted by atomic mass is 79.9. The first-order chi connectivity index (χ1) is 8.54. The van der Waals surface area contributed by atoms with Gasteiger partial charge in [0, 0.05) is 22.8 Å². The fourth-order valence-electron chi connectivity index (χ4n) is 1.41. The molecule has 0 aliphatic heterocycles. The van der Waals surface area contributed by atoms with Gasteiger partial charge in [0.1, 0.15) is 11.6 Å². The second-order valence-corrected chi connectivity index (χ2v) is 4.73. The summed E-state index contributed by atoms with van der Waals surface area (Å²) in [6.07, 6.45) is 0.948. The molecule has 2 rings (SSSR count). The van der Waals surface area contributed by atoms with Crippen LogP contribution in [0.25, 0.3) is 0 Å². The van der Waals surface area contributed by atoms with Crippen LogP contribution in [0.15, 0.2) is 41.0 Å². The molecule has 0 unspecified atom stereocenters. The summed E-state index contributed by atoms with van der Waals surface area (Å²) < 4.78 is 19.1. The molecule has 0 radical (unpaired) electrons. The van der Waals surface area contributed by atoms with Crippen LogP contribution < -0.4 is 4.74 Å². The predicted molar refractivity (Wildman–Crippen MR) is 69.0 cm³/mol. The van der Waals surface area contributed by atoms with Gasteiger partial charge in [-0.3, -0.25) is 0 Å². The van der Waals surface area contributed by atoms with E-state index in [1.54, 1.807) is 25.1 Å². The van der Waals surface area contributed by atoms with Crippen molar-refractivity contribution < 1.29 is 14.2 Å². The summed E-state index contributed by atoms with van der Waals surface area (Å²) in [6, 6.07) is 7.60. The van der Waals surface area contributed by atoms with Crippen LogP contribution in [0.4, 0.5) is 4.39 Å². The molecule has 0 saturated carbocycles. The molecule has 0 aliphatic carbocycles. The molecular weight excluding hydrogens is 301 g/mol. The van der Waals surface area contributed by atoms with Crippen molar-refractivity contribution in [2.24, 2.45) is 0 Å². The average Bonchev–Trinajstić information content (AvgIpc) is 2.28. The third kappa shape index (κ3) is 3.27.